The van der Waals surface area contributed by atoms with E-state index in [0.29, 0.717) is 18.4 Å². The normalized spacial score (nSPS) is 55.5. The molecule has 0 aromatic heterocycles. The first-order valence-corrected chi connectivity index (χ1v) is 11.2. The highest BCUT2D eigenvalue weighted by Gasteiger charge is 2.85. The Labute approximate surface area is 180 Å². The number of carbonyl (C=O) groups excluding carboxylic acids is 2. The molecule has 3 saturated carbocycles. The fourth-order valence-electron chi connectivity index (χ4n) is 8.36. The number of hydrogen-bond donors (Lipinski definition) is 1. The summed E-state index contributed by atoms with van der Waals surface area (Å²) in [7, 11) is 0. The van der Waals surface area contributed by atoms with Crippen LogP contribution in [-0.2, 0) is 23.8 Å². The van der Waals surface area contributed by atoms with E-state index < -0.39 is 46.7 Å². The summed E-state index contributed by atoms with van der Waals surface area (Å²) in [5.41, 5.74) is -2.68. The number of rotatable bonds is 2. The number of fused-ring (bicyclic) bond motifs is 5. The van der Waals surface area contributed by atoms with Crippen LogP contribution in [0.25, 0.3) is 0 Å². The molecular weight excluding hydrogens is 403 g/mol. The van der Waals surface area contributed by atoms with Gasteiger partial charge in [0, 0.05) is 10.8 Å². The third-order valence-electron chi connectivity index (χ3n) is 9.47. The molecule has 1 unspecified atom stereocenters. The average molecular weight is 432 g/mol. The number of ketones is 2. The van der Waals surface area contributed by atoms with Gasteiger partial charge in [-0.1, -0.05) is 13.0 Å². The van der Waals surface area contributed by atoms with Crippen molar-refractivity contribution in [3.8, 4) is 0 Å². The van der Waals surface area contributed by atoms with Gasteiger partial charge in [-0.3, -0.25) is 9.59 Å². The Hall–Kier alpha value is -1.41. The zero-order chi connectivity index (χ0) is 22.2. The van der Waals surface area contributed by atoms with Crippen LogP contribution in [0.2, 0.25) is 0 Å². The van der Waals surface area contributed by atoms with Crippen LogP contribution in [0.15, 0.2) is 23.8 Å². The van der Waals surface area contributed by atoms with Crippen molar-refractivity contribution in [2.45, 2.75) is 82.3 Å². The summed E-state index contributed by atoms with van der Waals surface area (Å²) in [6.07, 6.45) is 4.25. The van der Waals surface area contributed by atoms with Crippen LogP contribution in [0.1, 0.15) is 47.0 Å². The van der Waals surface area contributed by atoms with Crippen LogP contribution < -0.4 is 0 Å². The van der Waals surface area contributed by atoms with E-state index in [-0.39, 0.29) is 35.9 Å². The first kappa shape index (κ1) is 20.2. The van der Waals surface area contributed by atoms with Gasteiger partial charge >= 0.3 is 0 Å². The summed E-state index contributed by atoms with van der Waals surface area (Å²) in [5, 5.41) is 9.86. The summed E-state index contributed by atoms with van der Waals surface area (Å²) in [5.74, 6) is -1.70. The summed E-state index contributed by atoms with van der Waals surface area (Å²) in [6.45, 7) is 6.96. The standard InChI is InChI=1S/C24H29FO6/c1-20(2)29-18-9-13-14-8-16(25)15-7-12(27)5-6-21(15,3)23(14)19(30-23)10-22(13,4)24(18,31-20)17(28)11-26/h5-7,13-14,16,18-19,26H,8-11H2,1-4H3/t13-,14-,16-,18?,19-,21-,22-,23+,24+/m0/s1. The zero-order valence-electron chi connectivity index (χ0n) is 18.3. The second-order valence-corrected chi connectivity index (χ2v) is 11.1. The lowest BCUT2D eigenvalue weighted by molar-refractivity contribution is -0.212. The van der Waals surface area contributed by atoms with Crippen molar-refractivity contribution in [3.05, 3.63) is 23.8 Å². The molecule has 0 bridgehead atoms. The van der Waals surface area contributed by atoms with E-state index in [0.717, 1.165) is 0 Å². The Bertz CT molecular complexity index is 971. The lowest BCUT2D eigenvalue weighted by atomic mass is 9.46. The number of aliphatic hydroxyl groups is 1. The van der Waals surface area contributed by atoms with Crippen molar-refractivity contribution in [1.82, 2.24) is 0 Å². The Kier molecular flexibility index (Phi) is 3.62. The van der Waals surface area contributed by atoms with Gasteiger partial charge in [-0.2, -0.15) is 0 Å². The molecule has 2 heterocycles. The molecule has 1 spiro atoms. The number of alkyl halides is 1. The molecule has 0 amide bonds. The van der Waals surface area contributed by atoms with Gasteiger partial charge < -0.3 is 19.3 Å². The Balaban J connectivity index is 1.48. The van der Waals surface area contributed by atoms with E-state index in [9.17, 15) is 14.7 Å². The molecule has 5 fully saturated rings. The van der Waals surface area contributed by atoms with Crippen molar-refractivity contribution in [2.75, 3.05) is 6.61 Å². The molecule has 2 aliphatic heterocycles. The molecule has 0 radical (unpaired) electrons. The minimum absolute atomic E-state index is 0.0643. The highest BCUT2D eigenvalue weighted by Crippen LogP contribution is 2.77. The molecular formula is C24H29FO6. The fraction of sp³-hybridized carbons (Fsp3) is 0.750. The summed E-state index contributed by atoms with van der Waals surface area (Å²) in [4.78, 5) is 25.2. The number of halogens is 1. The van der Waals surface area contributed by atoms with Crippen molar-refractivity contribution >= 4 is 11.6 Å². The lowest BCUT2D eigenvalue weighted by Crippen LogP contribution is -2.64. The smallest absolute Gasteiger partial charge is 0.193 e. The monoisotopic (exact) mass is 432 g/mol. The maximum Gasteiger partial charge on any atom is 0.193 e. The van der Waals surface area contributed by atoms with Crippen LogP contribution in [-0.4, -0.2) is 58.6 Å². The molecule has 1 N–H and O–H groups in total. The number of hydrogen-bond acceptors (Lipinski definition) is 6. The van der Waals surface area contributed by atoms with Crippen LogP contribution in [0.4, 0.5) is 4.39 Å². The molecule has 7 heteroatoms. The number of aliphatic hydroxyl groups excluding tert-OH is 1. The zero-order valence-corrected chi connectivity index (χ0v) is 18.3. The SMILES string of the molecule is CC1(C)OC2C[C@H]3[C@@H]4C[C@H](F)C5=CC(=O)C=C[C@]5(C)[C@@]45O[C@H]5C[C@]3(C)[C@]2(C(=O)CO)O1. The fourth-order valence-corrected chi connectivity index (χ4v) is 8.36. The van der Waals surface area contributed by atoms with Gasteiger partial charge in [0.05, 0.1) is 12.2 Å². The van der Waals surface area contributed by atoms with Crippen molar-refractivity contribution in [3.63, 3.8) is 0 Å². The van der Waals surface area contributed by atoms with Gasteiger partial charge in [-0.15, -0.1) is 0 Å². The Morgan fingerprint density at radius 2 is 1.90 bits per heavy atom. The van der Waals surface area contributed by atoms with E-state index in [1.54, 1.807) is 13.8 Å². The van der Waals surface area contributed by atoms with E-state index in [4.69, 9.17) is 14.2 Å². The molecule has 6 rings (SSSR count). The third-order valence-corrected chi connectivity index (χ3v) is 9.47. The highest BCUT2D eigenvalue weighted by molar-refractivity contribution is 6.01. The van der Waals surface area contributed by atoms with Crippen LogP contribution >= 0.6 is 0 Å². The number of ether oxygens (including phenoxy) is 3. The quantitative estimate of drug-likeness (QED) is 0.675. The van der Waals surface area contributed by atoms with Crippen LogP contribution in [0.3, 0.4) is 0 Å². The van der Waals surface area contributed by atoms with Gasteiger partial charge in [-0.05, 0) is 69.6 Å². The number of carbonyl (C=O) groups is 2. The molecule has 4 aliphatic carbocycles. The topological polar surface area (TPSA) is 85.4 Å². The van der Waals surface area contributed by atoms with Gasteiger partial charge in [0.25, 0.3) is 0 Å². The molecule has 31 heavy (non-hydrogen) atoms. The Morgan fingerprint density at radius 3 is 2.61 bits per heavy atom. The van der Waals surface area contributed by atoms with Crippen molar-refractivity contribution in [1.29, 1.82) is 0 Å². The van der Waals surface area contributed by atoms with Crippen LogP contribution in [0, 0.1) is 22.7 Å². The molecule has 9 atom stereocenters. The van der Waals surface area contributed by atoms with E-state index >= 15 is 4.39 Å². The maximum atomic E-state index is 15.5. The highest BCUT2D eigenvalue weighted by atomic mass is 19.1. The second-order valence-electron chi connectivity index (χ2n) is 11.1. The first-order valence-electron chi connectivity index (χ1n) is 11.2. The molecule has 0 aromatic carbocycles. The predicted octanol–water partition coefficient (Wildman–Crippen LogP) is 2.44. The van der Waals surface area contributed by atoms with Gasteiger partial charge in [0.2, 0.25) is 0 Å². The molecule has 0 aromatic rings. The minimum atomic E-state index is -1.27. The molecule has 6 nitrogen and oxygen atoms in total. The van der Waals surface area contributed by atoms with E-state index in [1.165, 1.54) is 12.2 Å². The van der Waals surface area contributed by atoms with E-state index in [1.807, 2.05) is 19.9 Å². The Morgan fingerprint density at radius 1 is 1.16 bits per heavy atom. The number of Topliss-reactive ketones (excluding diaryl/α,β-unsaturated/α-hetero) is 1. The van der Waals surface area contributed by atoms with Gasteiger partial charge in [0.1, 0.15) is 18.4 Å². The maximum absolute atomic E-state index is 15.5. The lowest BCUT2D eigenvalue weighted by Gasteiger charge is -2.56. The van der Waals surface area contributed by atoms with Gasteiger partial charge in [0.15, 0.2) is 23.0 Å². The van der Waals surface area contributed by atoms with Crippen LogP contribution in [0.5, 0.6) is 0 Å². The molecule has 6 aliphatic rings. The number of allylic oxidation sites excluding steroid dienone is 2. The summed E-state index contributed by atoms with van der Waals surface area (Å²) >= 11 is 0. The summed E-state index contributed by atoms with van der Waals surface area (Å²) < 4.78 is 34.5. The third kappa shape index (κ3) is 2.04. The average Bonchev–Trinajstić information content (AvgIpc) is 3.28. The van der Waals surface area contributed by atoms with E-state index in [2.05, 4.69) is 0 Å². The van der Waals surface area contributed by atoms with Crippen molar-refractivity contribution in [2.24, 2.45) is 22.7 Å². The van der Waals surface area contributed by atoms with Gasteiger partial charge in [-0.25, -0.2) is 4.39 Å². The second kappa shape index (κ2) is 5.56. The first-order chi connectivity index (χ1) is 14.4. The molecule has 2 saturated heterocycles. The molecule has 168 valence electrons. The minimum Gasteiger partial charge on any atom is -0.388 e. The largest absolute Gasteiger partial charge is 0.388 e. The summed E-state index contributed by atoms with van der Waals surface area (Å²) in [6, 6.07) is 0. The van der Waals surface area contributed by atoms with Crippen molar-refractivity contribution < 1.29 is 33.3 Å². The predicted molar refractivity (Wildman–Crippen MR) is 107 cm³/mol. The number of epoxide rings is 1.